The monoisotopic (exact) mass is 264 g/mol. The third kappa shape index (κ3) is 4.73. The number of benzene rings is 1. The van der Waals surface area contributed by atoms with E-state index in [9.17, 15) is 9.59 Å². The summed E-state index contributed by atoms with van der Waals surface area (Å²) in [6, 6.07) is 6.85. The SMILES string of the molecule is CC(=O)c1ccccc1OC(C)C(=O)OCC(C)C. The summed E-state index contributed by atoms with van der Waals surface area (Å²) in [6.45, 7) is 7.36. The summed E-state index contributed by atoms with van der Waals surface area (Å²) < 4.78 is 10.6. The lowest BCUT2D eigenvalue weighted by Gasteiger charge is -2.16. The van der Waals surface area contributed by atoms with E-state index in [1.807, 2.05) is 13.8 Å². The van der Waals surface area contributed by atoms with E-state index in [1.165, 1.54) is 6.92 Å². The lowest BCUT2D eigenvalue weighted by Crippen LogP contribution is -2.27. The van der Waals surface area contributed by atoms with Gasteiger partial charge in [0.05, 0.1) is 12.2 Å². The molecule has 0 aromatic heterocycles. The van der Waals surface area contributed by atoms with E-state index >= 15 is 0 Å². The number of carbonyl (C=O) groups is 2. The molecule has 0 bridgehead atoms. The van der Waals surface area contributed by atoms with Gasteiger partial charge in [-0.2, -0.15) is 0 Å². The van der Waals surface area contributed by atoms with Crippen LogP contribution in [0.15, 0.2) is 24.3 Å². The minimum absolute atomic E-state index is 0.0988. The molecular weight excluding hydrogens is 244 g/mol. The molecule has 1 aromatic carbocycles. The number of rotatable bonds is 6. The first kappa shape index (κ1) is 15.2. The number of ketones is 1. The van der Waals surface area contributed by atoms with Crippen molar-refractivity contribution in [3.8, 4) is 5.75 Å². The summed E-state index contributed by atoms with van der Waals surface area (Å²) >= 11 is 0. The number of carbonyl (C=O) groups excluding carboxylic acids is 2. The van der Waals surface area contributed by atoms with Crippen LogP contribution in [-0.4, -0.2) is 24.5 Å². The zero-order valence-electron chi connectivity index (χ0n) is 11.8. The largest absolute Gasteiger partial charge is 0.478 e. The molecule has 0 saturated heterocycles. The molecule has 1 atom stereocenters. The van der Waals surface area contributed by atoms with Gasteiger partial charge in [0.25, 0.3) is 0 Å². The summed E-state index contributed by atoms with van der Waals surface area (Å²) in [7, 11) is 0. The fraction of sp³-hybridized carbons (Fsp3) is 0.467. The Bertz CT molecular complexity index is 451. The van der Waals surface area contributed by atoms with Gasteiger partial charge >= 0.3 is 5.97 Å². The molecule has 0 radical (unpaired) electrons. The molecule has 0 spiro atoms. The summed E-state index contributed by atoms with van der Waals surface area (Å²) in [5.74, 6) is 0.162. The van der Waals surface area contributed by atoms with Crippen LogP contribution in [0.1, 0.15) is 38.1 Å². The summed E-state index contributed by atoms with van der Waals surface area (Å²) in [6.07, 6.45) is -0.737. The van der Waals surface area contributed by atoms with Gasteiger partial charge in [0.1, 0.15) is 5.75 Å². The normalized spacial score (nSPS) is 12.1. The minimum Gasteiger partial charge on any atom is -0.478 e. The van der Waals surface area contributed by atoms with E-state index in [2.05, 4.69) is 0 Å². The molecule has 1 unspecified atom stereocenters. The molecule has 0 heterocycles. The van der Waals surface area contributed by atoms with E-state index in [-0.39, 0.29) is 11.7 Å². The number of hydrogen-bond donors (Lipinski definition) is 0. The maximum absolute atomic E-state index is 11.7. The molecule has 4 heteroatoms. The van der Waals surface area contributed by atoms with Gasteiger partial charge in [-0.05, 0) is 31.9 Å². The molecule has 4 nitrogen and oxygen atoms in total. The Labute approximate surface area is 113 Å². The highest BCUT2D eigenvalue weighted by Crippen LogP contribution is 2.20. The van der Waals surface area contributed by atoms with Crippen LogP contribution >= 0.6 is 0 Å². The van der Waals surface area contributed by atoms with E-state index in [0.29, 0.717) is 17.9 Å². The second-order valence-electron chi connectivity index (χ2n) is 4.84. The van der Waals surface area contributed by atoms with Crippen LogP contribution in [0.4, 0.5) is 0 Å². The molecule has 1 rings (SSSR count). The number of para-hydroxylation sites is 1. The van der Waals surface area contributed by atoms with Crippen molar-refractivity contribution >= 4 is 11.8 Å². The Balaban J connectivity index is 2.69. The maximum Gasteiger partial charge on any atom is 0.347 e. The third-order valence-electron chi connectivity index (χ3n) is 2.46. The second-order valence-corrected chi connectivity index (χ2v) is 4.84. The van der Waals surface area contributed by atoms with Crippen LogP contribution < -0.4 is 4.74 Å². The molecule has 0 aliphatic carbocycles. The smallest absolute Gasteiger partial charge is 0.347 e. The van der Waals surface area contributed by atoms with Gasteiger partial charge in [-0.3, -0.25) is 4.79 Å². The Kier molecular flexibility index (Phi) is 5.55. The fourth-order valence-electron chi connectivity index (χ4n) is 1.46. The highest BCUT2D eigenvalue weighted by Gasteiger charge is 2.19. The first-order chi connectivity index (χ1) is 8.91. The predicted molar refractivity (Wildman–Crippen MR) is 72.3 cm³/mol. The van der Waals surface area contributed by atoms with Gasteiger partial charge in [0.15, 0.2) is 11.9 Å². The summed E-state index contributed by atoms with van der Waals surface area (Å²) in [5.41, 5.74) is 0.464. The lowest BCUT2D eigenvalue weighted by atomic mass is 10.1. The number of ether oxygens (including phenoxy) is 2. The first-order valence-corrected chi connectivity index (χ1v) is 6.35. The molecule has 0 aliphatic rings. The number of Topliss-reactive ketones (excluding diaryl/α,β-unsaturated/α-hetero) is 1. The van der Waals surface area contributed by atoms with Crippen LogP contribution in [0, 0.1) is 5.92 Å². The fourth-order valence-corrected chi connectivity index (χ4v) is 1.46. The molecule has 19 heavy (non-hydrogen) atoms. The molecule has 1 aromatic rings. The van der Waals surface area contributed by atoms with Crippen LogP contribution in [0.25, 0.3) is 0 Å². The third-order valence-corrected chi connectivity index (χ3v) is 2.46. The van der Waals surface area contributed by atoms with Gasteiger partial charge in [-0.1, -0.05) is 26.0 Å². The zero-order chi connectivity index (χ0) is 14.4. The first-order valence-electron chi connectivity index (χ1n) is 6.35. The Morgan fingerprint density at radius 3 is 2.37 bits per heavy atom. The van der Waals surface area contributed by atoms with Crippen molar-refractivity contribution in [3.05, 3.63) is 29.8 Å². The van der Waals surface area contributed by atoms with E-state index in [1.54, 1.807) is 31.2 Å². The highest BCUT2D eigenvalue weighted by atomic mass is 16.6. The molecular formula is C15H20O4. The van der Waals surface area contributed by atoms with Crippen LogP contribution in [0.2, 0.25) is 0 Å². The summed E-state index contributed by atoms with van der Waals surface area (Å²) in [4.78, 5) is 23.1. The summed E-state index contributed by atoms with van der Waals surface area (Å²) in [5, 5.41) is 0. The Morgan fingerprint density at radius 1 is 1.16 bits per heavy atom. The van der Waals surface area contributed by atoms with Gasteiger partial charge in [0, 0.05) is 0 Å². The van der Waals surface area contributed by atoms with Gasteiger partial charge < -0.3 is 9.47 Å². The zero-order valence-corrected chi connectivity index (χ0v) is 11.8. The van der Waals surface area contributed by atoms with Crippen LogP contribution in [0.3, 0.4) is 0 Å². The molecule has 0 aliphatic heterocycles. The van der Waals surface area contributed by atoms with Crippen LogP contribution in [0.5, 0.6) is 5.75 Å². The van der Waals surface area contributed by atoms with Crippen molar-refractivity contribution < 1.29 is 19.1 Å². The van der Waals surface area contributed by atoms with Crippen molar-refractivity contribution in [2.45, 2.75) is 33.8 Å². The van der Waals surface area contributed by atoms with Crippen molar-refractivity contribution in [1.82, 2.24) is 0 Å². The van der Waals surface area contributed by atoms with Crippen LogP contribution in [-0.2, 0) is 9.53 Å². The Morgan fingerprint density at radius 2 is 1.79 bits per heavy atom. The topological polar surface area (TPSA) is 52.6 Å². The van der Waals surface area contributed by atoms with Crippen molar-refractivity contribution in [2.75, 3.05) is 6.61 Å². The molecule has 104 valence electrons. The van der Waals surface area contributed by atoms with Crippen molar-refractivity contribution in [1.29, 1.82) is 0 Å². The second kappa shape index (κ2) is 6.92. The lowest BCUT2D eigenvalue weighted by molar-refractivity contribution is -0.152. The average molecular weight is 264 g/mol. The minimum atomic E-state index is -0.737. The number of hydrogen-bond acceptors (Lipinski definition) is 4. The molecule has 0 amide bonds. The maximum atomic E-state index is 11.7. The molecule has 0 saturated carbocycles. The molecule has 0 fully saturated rings. The van der Waals surface area contributed by atoms with Crippen molar-refractivity contribution in [2.24, 2.45) is 5.92 Å². The van der Waals surface area contributed by atoms with Crippen molar-refractivity contribution in [3.63, 3.8) is 0 Å². The Hall–Kier alpha value is -1.84. The van der Waals surface area contributed by atoms with E-state index in [4.69, 9.17) is 9.47 Å². The van der Waals surface area contributed by atoms with E-state index < -0.39 is 12.1 Å². The predicted octanol–water partition coefficient (Wildman–Crippen LogP) is 2.86. The average Bonchev–Trinajstić information content (AvgIpc) is 2.36. The van der Waals surface area contributed by atoms with Gasteiger partial charge in [0.2, 0.25) is 0 Å². The number of esters is 1. The van der Waals surface area contributed by atoms with E-state index in [0.717, 1.165) is 0 Å². The van der Waals surface area contributed by atoms with Gasteiger partial charge in [-0.15, -0.1) is 0 Å². The quantitative estimate of drug-likeness (QED) is 0.585. The standard InChI is InChI=1S/C15H20O4/c1-10(2)9-18-15(17)12(4)19-14-8-6-5-7-13(14)11(3)16/h5-8,10,12H,9H2,1-4H3. The highest BCUT2D eigenvalue weighted by molar-refractivity contribution is 5.96. The molecule has 0 N–H and O–H groups in total. The van der Waals surface area contributed by atoms with Gasteiger partial charge in [-0.25, -0.2) is 4.79 Å².